The van der Waals surface area contributed by atoms with E-state index in [-0.39, 0.29) is 11.5 Å². The highest BCUT2D eigenvalue weighted by atomic mass is 19.3. The molecular weight excluding hydrogens is 480 g/mol. The van der Waals surface area contributed by atoms with Crippen LogP contribution in [-0.2, 0) is 11.2 Å². The number of nitrogens with one attached hydrogen (secondary N) is 3. The lowest BCUT2D eigenvalue weighted by Gasteiger charge is -2.59. The van der Waals surface area contributed by atoms with Crippen LogP contribution in [0.3, 0.4) is 0 Å². The third-order valence-electron chi connectivity index (χ3n) is 8.46. The number of benzene rings is 1. The standard InChI is InChI=1S/C27H35F2N5O3/c1-37-21-5-3-2-4-19(21)14-27(28,29)15-20(23(35)33-26(16-30)8-9-26)32-24(36)34-17-25(10-12-31-13-11-25)22(34)18-6-7-18/h2-5,18,20,22,31H,6-15,17H2,1H3,(H,32,36)(H,33,35)/t20-,22?/m0/s1. The van der Waals surface area contributed by atoms with Crippen LogP contribution in [-0.4, -0.2) is 67.1 Å². The van der Waals surface area contributed by atoms with Gasteiger partial charge in [0.2, 0.25) is 5.91 Å². The Morgan fingerprint density at radius 3 is 2.57 bits per heavy atom. The number of likely N-dealkylation sites (tertiary alicyclic amines) is 1. The van der Waals surface area contributed by atoms with Gasteiger partial charge in [-0.2, -0.15) is 5.26 Å². The van der Waals surface area contributed by atoms with Crippen molar-refractivity contribution in [3.05, 3.63) is 29.8 Å². The van der Waals surface area contributed by atoms with E-state index in [0.717, 1.165) is 38.8 Å². The molecule has 3 amide bonds. The molecule has 10 heteroatoms. The molecule has 1 unspecified atom stereocenters. The number of urea groups is 1. The Morgan fingerprint density at radius 1 is 1.24 bits per heavy atom. The molecule has 200 valence electrons. The second-order valence-corrected chi connectivity index (χ2v) is 11.3. The molecule has 2 atom stereocenters. The molecular formula is C27H35F2N5O3. The van der Waals surface area contributed by atoms with Crippen LogP contribution in [0.1, 0.15) is 50.5 Å². The van der Waals surface area contributed by atoms with Gasteiger partial charge in [0.25, 0.3) is 5.92 Å². The fourth-order valence-corrected chi connectivity index (χ4v) is 6.14. The predicted octanol–water partition coefficient (Wildman–Crippen LogP) is 2.98. The molecule has 1 aromatic rings. The van der Waals surface area contributed by atoms with Crippen LogP contribution in [0.5, 0.6) is 5.75 Å². The molecule has 4 aliphatic rings. The molecule has 8 nitrogen and oxygen atoms in total. The first kappa shape index (κ1) is 25.7. The zero-order chi connectivity index (χ0) is 26.3. The number of piperidine rings is 1. The monoisotopic (exact) mass is 515 g/mol. The number of amides is 3. The third-order valence-corrected chi connectivity index (χ3v) is 8.46. The fourth-order valence-electron chi connectivity index (χ4n) is 6.14. The predicted molar refractivity (Wildman–Crippen MR) is 132 cm³/mol. The Hall–Kier alpha value is -2.93. The van der Waals surface area contributed by atoms with Crippen molar-refractivity contribution >= 4 is 11.9 Å². The van der Waals surface area contributed by atoms with Crippen LogP contribution in [0, 0.1) is 22.7 Å². The van der Waals surface area contributed by atoms with Crippen LogP contribution in [0.2, 0.25) is 0 Å². The fraction of sp³-hybridized carbons (Fsp3) is 0.667. The summed E-state index contributed by atoms with van der Waals surface area (Å²) in [6, 6.07) is 6.73. The van der Waals surface area contributed by atoms with Gasteiger partial charge in [-0.3, -0.25) is 4.79 Å². The largest absolute Gasteiger partial charge is 0.496 e. The lowest BCUT2D eigenvalue weighted by molar-refractivity contribution is -0.126. The van der Waals surface area contributed by atoms with Gasteiger partial charge in [-0.25, -0.2) is 13.6 Å². The SMILES string of the molecule is COc1ccccc1CC(F)(F)C[C@H](NC(=O)N1CC2(CCNCC2)C1C1CC1)C(=O)NC1(C#N)CC1. The third kappa shape index (κ3) is 5.37. The number of hydrogen-bond acceptors (Lipinski definition) is 5. The van der Waals surface area contributed by atoms with Gasteiger partial charge in [-0.15, -0.1) is 0 Å². The van der Waals surface area contributed by atoms with Crippen molar-refractivity contribution in [1.29, 1.82) is 5.26 Å². The Bertz CT molecular complexity index is 1080. The van der Waals surface area contributed by atoms with Gasteiger partial charge in [0.05, 0.1) is 13.2 Å². The number of alkyl halides is 2. The van der Waals surface area contributed by atoms with E-state index in [0.29, 0.717) is 36.6 Å². The highest BCUT2D eigenvalue weighted by Crippen LogP contribution is 2.54. The zero-order valence-electron chi connectivity index (χ0n) is 21.2. The normalized spacial score (nSPS) is 24.4. The van der Waals surface area contributed by atoms with Gasteiger partial charge < -0.3 is 25.6 Å². The lowest BCUT2D eigenvalue weighted by atomic mass is 9.64. The van der Waals surface area contributed by atoms with E-state index >= 15 is 8.78 Å². The maximum absolute atomic E-state index is 15.3. The van der Waals surface area contributed by atoms with E-state index in [1.807, 2.05) is 0 Å². The summed E-state index contributed by atoms with van der Waals surface area (Å²) in [5.41, 5.74) is -0.626. The van der Waals surface area contributed by atoms with Crippen molar-refractivity contribution < 1.29 is 23.1 Å². The van der Waals surface area contributed by atoms with Crippen molar-refractivity contribution in [2.24, 2.45) is 11.3 Å². The van der Waals surface area contributed by atoms with Gasteiger partial charge in [0, 0.05) is 36.4 Å². The quantitative estimate of drug-likeness (QED) is 0.469. The highest BCUT2D eigenvalue weighted by Gasteiger charge is 2.59. The molecule has 2 saturated heterocycles. The van der Waals surface area contributed by atoms with E-state index in [1.54, 1.807) is 29.2 Å². The van der Waals surface area contributed by atoms with Gasteiger partial charge in [-0.05, 0) is 63.6 Å². The maximum Gasteiger partial charge on any atom is 0.318 e. The van der Waals surface area contributed by atoms with Crippen molar-refractivity contribution in [3.8, 4) is 11.8 Å². The number of carbonyl (C=O) groups is 2. The Balaban J connectivity index is 1.31. The molecule has 2 saturated carbocycles. The Labute approximate surface area is 216 Å². The number of nitriles is 1. The van der Waals surface area contributed by atoms with Crippen LogP contribution < -0.4 is 20.7 Å². The average Bonchev–Trinajstić information content (AvgIpc) is 3.80. The number of para-hydroxylation sites is 1. The van der Waals surface area contributed by atoms with Crippen LogP contribution in [0.25, 0.3) is 0 Å². The second-order valence-electron chi connectivity index (χ2n) is 11.3. The molecule has 5 rings (SSSR count). The average molecular weight is 516 g/mol. The molecule has 3 N–H and O–H groups in total. The lowest BCUT2D eigenvalue weighted by Crippen LogP contribution is -2.71. The van der Waals surface area contributed by atoms with Gasteiger partial charge >= 0.3 is 6.03 Å². The highest BCUT2D eigenvalue weighted by molar-refractivity contribution is 5.88. The smallest absolute Gasteiger partial charge is 0.318 e. The van der Waals surface area contributed by atoms with Crippen LogP contribution in [0.4, 0.5) is 13.6 Å². The van der Waals surface area contributed by atoms with E-state index < -0.39 is 42.3 Å². The molecule has 37 heavy (non-hydrogen) atoms. The number of carbonyl (C=O) groups excluding carboxylic acids is 2. The summed E-state index contributed by atoms with van der Waals surface area (Å²) < 4.78 is 35.9. The topological polar surface area (TPSA) is 106 Å². The van der Waals surface area contributed by atoms with Gasteiger partial charge in [0.1, 0.15) is 17.3 Å². The summed E-state index contributed by atoms with van der Waals surface area (Å²) >= 11 is 0. The van der Waals surface area contributed by atoms with Gasteiger partial charge in [-0.1, -0.05) is 18.2 Å². The van der Waals surface area contributed by atoms with Crippen molar-refractivity contribution in [2.75, 3.05) is 26.7 Å². The summed E-state index contributed by atoms with van der Waals surface area (Å²) in [6.07, 6.45) is 3.54. The summed E-state index contributed by atoms with van der Waals surface area (Å²) in [7, 11) is 1.42. The summed E-state index contributed by atoms with van der Waals surface area (Å²) in [5.74, 6) is -3.26. The number of halogens is 2. The van der Waals surface area contributed by atoms with Crippen molar-refractivity contribution in [1.82, 2.24) is 20.9 Å². The zero-order valence-corrected chi connectivity index (χ0v) is 21.2. The van der Waals surface area contributed by atoms with E-state index in [4.69, 9.17) is 4.74 Å². The number of nitrogens with zero attached hydrogens (tertiary/aromatic N) is 2. The summed E-state index contributed by atoms with van der Waals surface area (Å²) in [6.45, 7) is 2.40. The first-order chi connectivity index (χ1) is 17.7. The van der Waals surface area contributed by atoms with Crippen LogP contribution >= 0.6 is 0 Å². The molecule has 0 aromatic heterocycles. The van der Waals surface area contributed by atoms with E-state index in [2.05, 4.69) is 22.0 Å². The molecule has 2 aliphatic carbocycles. The van der Waals surface area contributed by atoms with Gasteiger partial charge in [0.15, 0.2) is 0 Å². The first-order valence-corrected chi connectivity index (χ1v) is 13.2. The molecule has 2 heterocycles. The first-order valence-electron chi connectivity index (χ1n) is 13.2. The van der Waals surface area contributed by atoms with Crippen LogP contribution in [0.15, 0.2) is 24.3 Å². The number of rotatable bonds is 9. The number of hydrogen-bond donors (Lipinski definition) is 3. The minimum Gasteiger partial charge on any atom is -0.496 e. The minimum atomic E-state index is -3.30. The second kappa shape index (κ2) is 9.75. The molecule has 2 aliphatic heterocycles. The Morgan fingerprint density at radius 2 is 1.95 bits per heavy atom. The molecule has 1 aromatic carbocycles. The maximum atomic E-state index is 15.3. The molecule has 1 spiro atoms. The molecule has 4 fully saturated rings. The number of methoxy groups -OCH3 is 1. The van der Waals surface area contributed by atoms with Crippen molar-refractivity contribution in [3.63, 3.8) is 0 Å². The minimum absolute atomic E-state index is 0.0776. The van der Waals surface area contributed by atoms with E-state index in [1.165, 1.54) is 7.11 Å². The summed E-state index contributed by atoms with van der Waals surface area (Å²) in [5, 5.41) is 18.0. The van der Waals surface area contributed by atoms with E-state index in [9.17, 15) is 14.9 Å². The Kier molecular flexibility index (Phi) is 6.77. The molecule has 0 radical (unpaired) electrons. The number of ether oxygens (including phenoxy) is 1. The molecule has 0 bridgehead atoms. The summed E-state index contributed by atoms with van der Waals surface area (Å²) in [4.78, 5) is 28.3. The van der Waals surface area contributed by atoms with Crippen molar-refractivity contribution in [2.45, 2.75) is 74.9 Å².